The third kappa shape index (κ3) is 3.56. The zero-order chi connectivity index (χ0) is 14.5. The number of alkyl halides is 1. The predicted molar refractivity (Wildman–Crippen MR) is 73.6 cm³/mol. The predicted octanol–water partition coefficient (Wildman–Crippen LogP) is 2.86. The molecular formula is C14H15F2NO2S. The van der Waals surface area contributed by atoms with Crippen LogP contribution in [0.4, 0.5) is 8.78 Å². The molecule has 1 saturated heterocycles. The van der Waals surface area contributed by atoms with E-state index in [0.29, 0.717) is 43.3 Å². The number of likely N-dealkylation sites (tertiary alicyclic amines) is 1. The van der Waals surface area contributed by atoms with E-state index in [9.17, 15) is 18.4 Å². The average Bonchev–Trinajstić information content (AvgIpc) is 2.48. The van der Waals surface area contributed by atoms with Crippen LogP contribution in [0.15, 0.2) is 24.3 Å². The molecule has 0 atom stereocenters. The van der Waals surface area contributed by atoms with Crippen molar-refractivity contribution < 1.29 is 18.4 Å². The molecule has 1 aromatic rings. The fourth-order valence-electron chi connectivity index (χ4n) is 2.26. The molecule has 3 nitrogen and oxygen atoms in total. The SMILES string of the molecule is O=C(SCF)C1CCN(C(=O)c2ccc(F)cc2)CC1. The topological polar surface area (TPSA) is 37.4 Å². The lowest BCUT2D eigenvalue weighted by Gasteiger charge is -2.31. The van der Waals surface area contributed by atoms with Crippen LogP contribution in [0.3, 0.4) is 0 Å². The Morgan fingerprint density at radius 1 is 1.20 bits per heavy atom. The molecule has 6 heteroatoms. The van der Waals surface area contributed by atoms with Gasteiger partial charge in [0.2, 0.25) is 0 Å². The Hall–Kier alpha value is -1.43. The molecule has 1 amide bonds. The van der Waals surface area contributed by atoms with E-state index in [1.54, 1.807) is 4.90 Å². The van der Waals surface area contributed by atoms with E-state index in [-0.39, 0.29) is 22.8 Å². The van der Waals surface area contributed by atoms with Crippen molar-refractivity contribution in [3.8, 4) is 0 Å². The standard InChI is InChI=1S/C14H15F2NO2S/c15-9-20-14(19)11-5-7-17(8-6-11)13(18)10-1-3-12(16)4-2-10/h1-4,11H,5-9H2. The van der Waals surface area contributed by atoms with Gasteiger partial charge >= 0.3 is 0 Å². The summed E-state index contributed by atoms with van der Waals surface area (Å²) in [6.45, 7) is 0.943. The van der Waals surface area contributed by atoms with E-state index < -0.39 is 6.01 Å². The van der Waals surface area contributed by atoms with E-state index in [0.717, 1.165) is 0 Å². The Bertz CT molecular complexity index is 484. The smallest absolute Gasteiger partial charge is 0.253 e. The Kier molecular flexibility index (Phi) is 5.11. The van der Waals surface area contributed by atoms with Crippen LogP contribution in [-0.4, -0.2) is 35.0 Å². The molecule has 0 radical (unpaired) electrons. The number of halogens is 2. The van der Waals surface area contributed by atoms with Gasteiger partial charge in [-0.2, -0.15) is 0 Å². The zero-order valence-electron chi connectivity index (χ0n) is 10.9. The van der Waals surface area contributed by atoms with E-state index in [2.05, 4.69) is 0 Å². The molecule has 1 heterocycles. The van der Waals surface area contributed by atoms with Gasteiger partial charge in [-0.15, -0.1) is 0 Å². The molecule has 1 aromatic carbocycles. The summed E-state index contributed by atoms with van der Waals surface area (Å²) in [7, 11) is 0. The normalized spacial score (nSPS) is 16.2. The van der Waals surface area contributed by atoms with Crippen molar-refractivity contribution in [2.24, 2.45) is 5.92 Å². The fourth-order valence-corrected chi connectivity index (χ4v) is 2.84. The van der Waals surface area contributed by atoms with E-state index in [1.807, 2.05) is 0 Å². The first kappa shape index (κ1) is 15.0. The number of benzene rings is 1. The van der Waals surface area contributed by atoms with Crippen molar-refractivity contribution in [1.29, 1.82) is 0 Å². The second-order valence-electron chi connectivity index (χ2n) is 4.65. The Morgan fingerprint density at radius 3 is 2.35 bits per heavy atom. The van der Waals surface area contributed by atoms with Crippen molar-refractivity contribution in [2.45, 2.75) is 12.8 Å². The molecule has 108 valence electrons. The Balaban J connectivity index is 1.92. The summed E-state index contributed by atoms with van der Waals surface area (Å²) in [5.41, 5.74) is 0.439. The first-order valence-electron chi connectivity index (χ1n) is 6.39. The maximum Gasteiger partial charge on any atom is 0.253 e. The van der Waals surface area contributed by atoms with Gasteiger partial charge in [0.15, 0.2) is 5.12 Å². The average molecular weight is 299 g/mol. The number of piperidine rings is 1. The van der Waals surface area contributed by atoms with Gasteiger partial charge in [-0.25, -0.2) is 8.78 Å². The molecule has 20 heavy (non-hydrogen) atoms. The maximum atomic E-state index is 12.8. The monoisotopic (exact) mass is 299 g/mol. The van der Waals surface area contributed by atoms with Crippen LogP contribution < -0.4 is 0 Å². The van der Waals surface area contributed by atoms with E-state index in [1.165, 1.54) is 24.3 Å². The molecule has 1 aliphatic heterocycles. The van der Waals surface area contributed by atoms with Crippen LogP contribution in [0.2, 0.25) is 0 Å². The first-order valence-corrected chi connectivity index (χ1v) is 7.38. The van der Waals surface area contributed by atoms with Crippen molar-refractivity contribution in [3.05, 3.63) is 35.6 Å². The number of carbonyl (C=O) groups is 2. The van der Waals surface area contributed by atoms with E-state index >= 15 is 0 Å². The molecule has 1 aliphatic rings. The van der Waals surface area contributed by atoms with Gasteiger partial charge in [0.05, 0.1) is 0 Å². The lowest BCUT2D eigenvalue weighted by Crippen LogP contribution is -2.39. The third-order valence-electron chi connectivity index (χ3n) is 3.40. The number of nitrogens with zero attached hydrogens (tertiary/aromatic N) is 1. The quantitative estimate of drug-likeness (QED) is 0.861. The molecule has 2 rings (SSSR count). The second-order valence-corrected chi connectivity index (χ2v) is 5.56. The second kappa shape index (κ2) is 6.83. The van der Waals surface area contributed by atoms with Gasteiger partial charge in [0, 0.05) is 24.6 Å². The highest BCUT2D eigenvalue weighted by Crippen LogP contribution is 2.24. The zero-order valence-corrected chi connectivity index (χ0v) is 11.7. The molecule has 0 aromatic heterocycles. The molecule has 0 bridgehead atoms. The molecule has 0 aliphatic carbocycles. The minimum atomic E-state index is -0.701. The van der Waals surface area contributed by atoms with Crippen molar-refractivity contribution in [2.75, 3.05) is 19.1 Å². The van der Waals surface area contributed by atoms with Gasteiger partial charge in [0.1, 0.15) is 11.8 Å². The fraction of sp³-hybridized carbons (Fsp3) is 0.429. The number of hydrogen-bond donors (Lipinski definition) is 0. The lowest BCUT2D eigenvalue weighted by molar-refractivity contribution is -0.115. The van der Waals surface area contributed by atoms with Crippen molar-refractivity contribution in [1.82, 2.24) is 4.90 Å². The molecular weight excluding hydrogens is 284 g/mol. The molecule has 0 unspecified atom stereocenters. The van der Waals surface area contributed by atoms with Gasteiger partial charge in [-0.3, -0.25) is 9.59 Å². The van der Waals surface area contributed by atoms with Gasteiger partial charge < -0.3 is 4.90 Å². The summed E-state index contributed by atoms with van der Waals surface area (Å²) in [4.78, 5) is 25.4. The summed E-state index contributed by atoms with van der Waals surface area (Å²) >= 11 is 0.695. The molecule has 0 saturated carbocycles. The van der Waals surface area contributed by atoms with E-state index in [4.69, 9.17) is 0 Å². The highest BCUT2D eigenvalue weighted by molar-refractivity contribution is 8.13. The summed E-state index contributed by atoms with van der Waals surface area (Å²) < 4.78 is 24.9. The maximum absolute atomic E-state index is 12.8. The van der Waals surface area contributed by atoms with Crippen LogP contribution in [0.5, 0.6) is 0 Å². The number of amides is 1. The van der Waals surface area contributed by atoms with Gasteiger partial charge in [-0.1, -0.05) is 11.8 Å². The third-order valence-corrected chi connectivity index (χ3v) is 4.13. The van der Waals surface area contributed by atoms with Crippen LogP contribution in [0.25, 0.3) is 0 Å². The molecule has 0 spiro atoms. The van der Waals surface area contributed by atoms with Gasteiger partial charge in [0.25, 0.3) is 5.91 Å². The Morgan fingerprint density at radius 2 is 1.80 bits per heavy atom. The number of rotatable bonds is 3. The minimum absolute atomic E-state index is 0.138. The first-order chi connectivity index (χ1) is 9.61. The summed E-state index contributed by atoms with van der Waals surface area (Å²) in [6, 6.07) is 4.71. The Labute approximate surface area is 120 Å². The van der Waals surface area contributed by atoms with Crippen LogP contribution in [0, 0.1) is 11.7 Å². The number of hydrogen-bond acceptors (Lipinski definition) is 3. The van der Waals surface area contributed by atoms with Crippen LogP contribution in [-0.2, 0) is 4.79 Å². The van der Waals surface area contributed by atoms with Crippen molar-refractivity contribution in [3.63, 3.8) is 0 Å². The number of carbonyl (C=O) groups excluding carboxylic acids is 2. The van der Waals surface area contributed by atoms with Crippen molar-refractivity contribution >= 4 is 22.8 Å². The highest BCUT2D eigenvalue weighted by Gasteiger charge is 2.27. The highest BCUT2D eigenvalue weighted by atomic mass is 32.2. The summed E-state index contributed by atoms with van der Waals surface area (Å²) in [5, 5.41) is -0.138. The van der Waals surface area contributed by atoms with Crippen LogP contribution >= 0.6 is 11.8 Å². The molecule has 1 fully saturated rings. The number of thioether (sulfide) groups is 1. The lowest BCUT2D eigenvalue weighted by atomic mass is 9.97. The van der Waals surface area contributed by atoms with Gasteiger partial charge in [-0.05, 0) is 37.1 Å². The minimum Gasteiger partial charge on any atom is -0.339 e. The molecule has 0 N–H and O–H groups in total. The largest absolute Gasteiger partial charge is 0.339 e. The summed E-state index contributed by atoms with van der Waals surface area (Å²) in [6.07, 6.45) is 1.11. The summed E-state index contributed by atoms with van der Waals surface area (Å²) in [5.74, 6) is -0.712. The van der Waals surface area contributed by atoms with Crippen LogP contribution in [0.1, 0.15) is 23.2 Å².